The van der Waals surface area contributed by atoms with Gasteiger partial charge in [0.1, 0.15) is 5.75 Å². The Morgan fingerprint density at radius 3 is 2.48 bits per heavy atom. The maximum Gasteiger partial charge on any atom is 0.321 e. The Balaban J connectivity index is 2.30. The Kier molecular flexibility index (Phi) is 7.25. The van der Waals surface area contributed by atoms with Crippen LogP contribution in [0.25, 0.3) is 0 Å². The van der Waals surface area contributed by atoms with Gasteiger partial charge >= 0.3 is 6.03 Å². The molecule has 0 bridgehead atoms. The van der Waals surface area contributed by atoms with E-state index in [0.717, 1.165) is 17.7 Å². The fourth-order valence-electron chi connectivity index (χ4n) is 1.74. The van der Waals surface area contributed by atoms with Crippen LogP contribution in [0.3, 0.4) is 0 Å². The summed E-state index contributed by atoms with van der Waals surface area (Å²) in [6.45, 7) is 4.65. The minimum atomic E-state index is -0.466. The Bertz CT molecular complexity index is 460. The molecule has 0 aliphatic heterocycles. The van der Waals surface area contributed by atoms with Crippen LogP contribution >= 0.6 is 0 Å². The molecular weight excluding hydrogens is 270 g/mol. The molecule has 0 spiro atoms. The highest BCUT2D eigenvalue weighted by atomic mass is 16.5. The second-order valence-electron chi connectivity index (χ2n) is 4.62. The van der Waals surface area contributed by atoms with Crippen molar-refractivity contribution in [3.05, 3.63) is 29.8 Å². The number of urea groups is 1. The molecule has 6 nitrogen and oxygen atoms in total. The van der Waals surface area contributed by atoms with Crippen LogP contribution in [0.2, 0.25) is 0 Å². The van der Waals surface area contributed by atoms with Crippen molar-refractivity contribution >= 4 is 11.9 Å². The number of benzene rings is 1. The van der Waals surface area contributed by atoms with Gasteiger partial charge in [0.05, 0.1) is 13.2 Å². The first kappa shape index (κ1) is 17.0. The van der Waals surface area contributed by atoms with Gasteiger partial charge in [0.15, 0.2) is 0 Å². The quantitative estimate of drug-likeness (QED) is 0.702. The lowest BCUT2D eigenvalue weighted by atomic mass is 10.1. The molecule has 3 amide bonds. The average molecular weight is 293 g/mol. The smallest absolute Gasteiger partial charge is 0.321 e. The monoisotopic (exact) mass is 293 g/mol. The second-order valence-corrected chi connectivity index (χ2v) is 4.62. The van der Waals surface area contributed by atoms with Crippen LogP contribution in [0.5, 0.6) is 5.75 Å². The van der Waals surface area contributed by atoms with E-state index < -0.39 is 12.1 Å². The summed E-state index contributed by atoms with van der Waals surface area (Å²) in [6, 6.07) is 6.89. The zero-order chi connectivity index (χ0) is 15.7. The molecule has 0 fully saturated rings. The Morgan fingerprint density at radius 1 is 1.24 bits per heavy atom. The lowest BCUT2D eigenvalue weighted by molar-refractivity contribution is -0.121. The van der Waals surface area contributed by atoms with Gasteiger partial charge in [-0.2, -0.15) is 0 Å². The van der Waals surface area contributed by atoms with Crippen LogP contribution in [0.1, 0.15) is 19.4 Å². The number of carbonyl (C=O) groups is 2. The molecule has 0 saturated carbocycles. The molecule has 0 radical (unpaired) electrons. The van der Waals surface area contributed by atoms with E-state index in [1.807, 2.05) is 24.3 Å². The van der Waals surface area contributed by atoms with E-state index in [1.54, 1.807) is 21.0 Å². The van der Waals surface area contributed by atoms with Crippen molar-refractivity contribution in [2.75, 3.05) is 20.2 Å². The third-order valence-corrected chi connectivity index (χ3v) is 2.99. The molecule has 1 atom stereocenters. The molecule has 0 aliphatic carbocycles. The number of nitrogens with one attached hydrogen (secondary N) is 3. The number of hydrogen-bond donors (Lipinski definition) is 3. The van der Waals surface area contributed by atoms with Gasteiger partial charge in [0.2, 0.25) is 5.91 Å². The highest BCUT2D eigenvalue weighted by molar-refractivity contribution is 5.96. The number of imide groups is 1. The van der Waals surface area contributed by atoms with Gasteiger partial charge in [0, 0.05) is 6.54 Å². The van der Waals surface area contributed by atoms with E-state index in [1.165, 1.54) is 0 Å². The predicted octanol–water partition coefficient (Wildman–Crippen LogP) is 1.06. The van der Waals surface area contributed by atoms with Crippen molar-refractivity contribution in [2.45, 2.75) is 26.3 Å². The van der Waals surface area contributed by atoms with E-state index in [4.69, 9.17) is 4.74 Å². The summed E-state index contributed by atoms with van der Waals surface area (Å²) in [6.07, 6.45) is 0.794. The Labute approximate surface area is 125 Å². The lowest BCUT2D eigenvalue weighted by Crippen LogP contribution is -2.48. The molecule has 21 heavy (non-hydrogen) atoms. The molecule has 1 unspecified atom stereocenters. The van der Waals surface area contributed by atoms with Gasteiger partial charge in [-0.15, -0.1) is 0 Å². The minimum absolute atomic E-state index is 0.337. The average Bonchev–Trinajstić information content (AvgIpc) is 2.48. The summed E-state index contributed by atoms with van der Waals surface area (Å²) in [5.41, 5.74) is 1.15. The maximum atomic E-state index is 11.7. The van der Waals surface area contributed by atoms with E-state index in [2.05, 4.69) is 16.0 Å². The molecular formula is C15H23N3O3. The zero-order valence-electron chi connectivity index (χ0n) is 12.7. The minimum Gasteiger partial charge on any atom is -0.497 e. The van der Waals surface area contributed by atoms with Crippen LogP contribution in [0.4, 0.5) is 4.79 Å². The molecule has 0 aromatic heterocycles. The summed E-state index contributed by atoms with van der Waals surface area (Å²) in [5, 5.41) is 7.87. The van der Waals surface area contributed by atoms with E-state index in [-0.39, 0.29) is 5.91 Å². The number of ether oxygens (including phenoxy) is 1. The fourth-order valence-corrected chi connectivity index (χ4v) is 1.74. The second kappa shape index (κ2) is 8.97. The number of rotatable bonds is 7. The predicted molar refractivity (Wildman–Crippen MR) is 81.4 cm³/mol. The topological polar surface area (TPSA) is 79.5 Å². The summed E-state index contributed by atoms with van der Waals surface area (Å²) in [7, 11) is 1.63. The van der Waals surface area contributed by atoms with E-state index >= 15 is 0 Å². The van der Waals surface area contributed by atoms with Crippen LogP contribution in [-0.2, 0) is 11.2 Å². The molecule has 6 heteroatoms. The van der Waals surface area contributed by atoms with E-state index in [9.17, 15) is 9.59 Å². The summed E-state index contributed by atoms with van der Waals surface area (Å²) < 4.78 is 5.09. The van der Waals surface area contributed by atoms with Gasteiger partial charge < -0.3 is 15.4 Å². The lowest BCUT2D eigenvalue weighted by Gasteiger charge is -2.13. The SMILES string of the molecule is CCNC(=O)NC(=O)C(C)NCCc1ccc(OC)cc1. The van der Waals surface area contributed by atoms with Crippen molar-refractivity contribution in [1.82, 2.24) is 16.0 Å². The van der Waals surface area contributed by atoms with Crippen molar-refractivity contribution in [1.29, 1.82) is 0 Å². The fraction of sp³-hybridized carbons (Fsp3) is 0.467. The molecule has 3 N–H and O–H groups in total. The van der Waals surface area contributed by atoms with Crippen LogP contribution in [0, 0.1) is 0 Å². The van der Waals surface area contributed by atoms with Crippen molar-refractivity contribution in [2.24, 2.45) is 0 Å². The number of methoxy groups -OCH3 is 1. The normalized spacial score (nSPS) is 11.6. The van der Waals surface area contributed by atoms with Gasteiger partial charge in [-0.1, -0.05) is 12.1 Å². The van der Waals surface area contributed by atoms with E-state index in [0.29, 0.717) is 13.1 Å². The standard InChI is InChI=1S/C15H23N3O3/c1-4-16-15(20)18-14(19)11(2)17-10-9-12-5-7-13(21-3)8-6-12/h5-8,11,17H,4,9-10H2,1-3H3,(H2,16,18,19,20). The molecule has 0 heterocycles. The summed E-state index contributed by atoms with van der Waals surface area (Å²) in [4.78, 5) is 22.9. The van der Waals surface area contributed by atoms with Crippen LogP contribution < -0.4 is 20.7 Å². The molecule has 116 valence electrons. The molecule has 0 saturated heterocycles. The Morgan fingerprint density at radius 2 is 1.90 bits per heavy atom. The third-order valence-electron chi connectivity index (χ3n) is 2.99. The molecule has 0 aliphatic rings. The van der Waals surface area contributed by atoms with Gasteiger partial charge in [-0.25, -0.2) is 4.79 Å². The highest BCUT2D eigenvalue weighted by Crippen LogP contribution is 2.11. The highest BCUT2D eigenvalue weighted by Gasteiger charge is 2.14. The van der Waals surface area contributed by atoms with Gasteiger partial charge in [-0.05, 0) is 44.5 Å². The van der Waals surface area contributed by atoms with Crippen molar-refractivity contribution in [3.63, 3.8) is 0 Å². The third kappa shape index (κ3) is 6.27. The zero-order valence-corrected chi connectivity index (χ0v) is 12.7. The largest absolute Gasteiger partial charge is 0.497 e. The van der Waals surface area contributed by atoms with Crippen molar-refractivity contribution in [3.8, 4) is 5.75 Å². The first-order valence-corrected chi connectivity index (χ1v) is 7.01. The van der Waals surface area contributed by atoms with Crippen LogP contribution in [0.15, 0.2) is 24.3 Å². The van der Waals surface area contributed by atoms with Gasteiger partial charge in [0.25, 0.3) is 0 Å². The van der Waals surface area contributed by atoms with Crippen LogP contribution in [-0.4, -0.2) is 38.2 Å². The first-order valence-electron chi connectivity index (χ1n) is 7.01. The molecule has 1 rings (SSSR count). The van der Waals surface area contributed by atoms with Gasteiger partial charge in [-0.3, -0.25) is 10.1 Å². The van der Waals surface area contributed by atoms with Crippen molar-refractivity contribution < 1.29 is 14.3 Å². The maximum absolute atomic E-state index is 11.7. The number of carbonyl (C=O) groups excluding carboxylic acids is 2. The molecule has 1 aromatic rings. The number of hydrogen-bond acceptors (Lipinski definition) is 4. The number of amides is 3. The first-order chi connectivity index (χ1) is 10.1. The molecule has 1 aromatic carbocycles. The Hall–Kier alpha value is -2.08. The summed E-state index contributed by atoms with van der Waals surface area (Å²) in [5.74, 6) is 0.483. The summed E-state index contributed by atoms with van der Waals surface area (Å²) >= 11 is 0.